The van der Waals surface area contributed by atoms with Crippen LogP contribution in [0.1, 0.15) is 25.5 Å². The van der Waals surface area contributed by atoms with Crippen LogP contribution in [0, 0.1) is 10.1 Å². The molecule has 1 aromatic carbocycles. The van der Waals surface area contributed by atoms with E-state index < -0.39 is 4.92 Å². The Labute approximate surface area is 110 Å². The molecular formula is C13H14N4O2. The van der Waals surface area contributed by atoms with Crippen LogP contribution in [0.3, 0.4) is 0 Å². The minimum Gasteiger partial charge on any atom is -0.384 e. The molecule has 0 atom stereocenters. The average Bonchev–Trinajstić information content (AvgIpc) is 2.38. The summed E-state index contributed by atoms with van der Waals surface area (Å²) in [6.07, 6.45) is 0. The first-order valence-corrected chi connectivity index (χ1v) is 5.86. The monoisotopic (exact) mass is 258 g/mol. The predicted molar refractivity (Wildman–Crippen MR) is 72.6 cm³/mol. The number of aromatic nitrogens is 2. The van der Waals surface area contributed by atoms with E-state index >= 15 is 0 Å². The van der Waals surface area contributed by atoms with E-state index in [2.05, 4.69) is 9.97 Å². The fraction of sp³-hybridized carbons (Fsp3) is 0.231. The van der Waals surface area contributed by atoms with Crippen molar-refractivity contribution in [2.75, 3.05) is 5.73 Å². The molecule has 0 bridgehead atoms. The highest BCUT2D eigenvalue weighted by Gasteiger charge is 2.11. The normalized spacial score (nSPS) is 10.7. The Kier molecular flexibility index (Phi) is 3.41. The summed E-state index contributed by atoms with van der Waals surface area (Å²) in [6, 6.07) is 7.92. The maximum Gasteiger partial charge on any atom is 0.270 e. The molecule has 0 amide bonds. The third-order valence-electron chi connectivity index (χ3n) is 2.67. The van der Waals surface area contributed by atoms with Gasteiger partial charge in [0.25, 0.3) is 5.69 Å². The van der Waals surface area contributed by atoms with Crippen molar-refractivity contribution in [3.8, 4) is 11.4 Å². The number of nitrogens with zero attached hydrogens (tertiary/aromatic N) is 3. The van der Waals surface area contributed by atoms with Crippen LogP contribution in [0.25, 0.3) is 11.4 Å². The smallest absolute Gasteiger partial charge is 0.270 e. The molecule has 0 spiro atoms. The molecule has 2 aromatic rings. The molecule has 0 saturated heterocycles. The number of nitro benzene ring substituents is 1. The van der Waals surface area contributed by atoms with Gasteiger partial charge in [0.15, 0.2) is 5.82 Å². The Morgan fingerprint density at radius 3 is 2.63 bits per heavy atom. The van der Waals surface area contributed by atoms with E-state index in [1.54, 1.807) is 18.2 Å². The van der Waals surface area contributed by atoms with Crippen LogP contribution < -0.4 is 5.73 Å². The van der Waals surface area contributed by atoms with Gasteiger partial charge in [-0.3, -0.25) is 10.1 Å². The van der Waals surface area contributed by atoms with Gasteiger partial charge in [-0.15, -0.1) is 0 Å². The number of rotatable bonds is 3. The minimum atomic E-state index is -0.445. The fourth-order valence-electron chi connectivity index (χ4n) is 1.67. The van der Waals surface area contributed by atoms with Crippen LogP contribution in [0.4, 0.5) is 11.5 Å². The molecule has 6 heteroatoms. The number of non-ortho nitro benzene ring substituents is 1. The molecule has 0 radical (unpaired) electrons. The van der Waals surface area contributed by atoms with Crippen LogP contribution >= 0.6 is 0 Å². The Morgan fingerprint density at radius 2 is 2.00 bits per heavy atom. The van der Waals surface area contributed by atoms with Crippen LogP contribution in [-0.2, 0) is 0 Å². The standard InChI is InChI=1S/C13H14N4O2/c1-8(2)11-7-12(14)16-13(15-11)9-4-3-5-10(6-9)17(18)19/h3-8H,1-2H3,(H2,14,15,16). The summed E-state index contributed by atoms with van der Waals surface area (Å²) < 4.78 is 0. The van der Waals surface area contributed by atoms with Crippen LogP contribution in [0.2, 0.25) is 0 Å². The van der Waals surface area contributed by atoms with Gasteiger partial charge in [-0.25, -0.2) is 9.97 Å². The first kappa shape index (κ1) is 12.9. The first-order valence-electron chi connectivity index (χ1n) is 5.86. The van der Waals surface area contributed by atoms with Gasteiger partial charge in [-0.1, -0.05) is 26.0 Å². The third-order valence-corrected chi connectivity index (χ3v) is 2.67. The second kappa shape index (κ2) is 5.01. The second-order valence-corrected chi connectivity index (χ2v) is 4.50. The molecule has 0 aliphatic carbocycles. The van der Waals surface area contributed by atoms with E-state index in [0.29, 0.717) is 17.2 Å². The van der Waals surface area contributed by atoms with Crippen LogP contribution in [0.5, 0.6) is 0 Å². The quantitative estimate of drug-likeness (QED) is 0.674. The van der Waals surface area contributed by atoms with Gasteiger partial charge >= 0.3 is 0 Å². The molecule has 0 saturated carbocycles. The molecule has 6 nitrogen and oxygen atoms in total. The summed E-state index contributed by atoms with van der Waals surface area (Å²) in [7, 11) is 0. The zero-order valence-electron chi connectivity index (χ0n) is 10.7. The predicted octanol–water partition coefficient (Wildman–Crippen LogP) is 2.76. The van der Waals surface area contributed by atoms with E-state index in [-0.39, 0.29) is 11.6 Å². The van der Waals surface area contributed by atoms with Crippen molar-refractivity contribution in [1.29, 1.82) is 0 Å². The number of anilines is 1. The summed E-state index contributed by atoms with van der Waals surface area (Å²) in [5.74, 6) is 0.982. The van der Waals surface area contributed by atoms with E-state index in [1.165, 1.54) is 12.1 Å². The van der Waals surface area contributed by atoms with Gasteiger partial charge in [0.1, 0.15) is 5.82 Å². The van der Waals surface area contributed by atoms with Gasteiger partial charge < -0.3 is 5.73 Å². The van der Waals surface area contributed by atoms with Crippen molar-refractivity contribution >= 4 is 11.5 Å². The number of hydrogen-bond donors (Lipinski definition) is 1. The zero-order valence-corrected chi connectivity index (χ0v) is 10.7. The van der Waals surface area contributed by atoms with E-state index in [9.17, 15) is 10.1 Å². The summed E-state index contributed by atoms with van der Waals surface area (Å²) in [4.78, 5) is 18.8. The number of nitro groups is 1. The Balaban J connectivity index is 2.52. The zero-order chi connectivity index (χ0) is 14.0. The van der Waals surface area contributed by atoms with E-state index in [1.807, 2.05) is 13.8 Å². The lowest BCUT2D eigenvalue weighted by atomic mass is 10.1. The number of nitrogens with two attached hydrogens (primary N) is 1. The lowest BCUT2D eigenvalue weighted by molar-refractivity contribution is -0.384. The molecular weight excluding hydrogens is 244 g/mol. The van der Waals surface area contributed by atoms with Gasteiger partial charge in [0.2, 0.25) is 0 Å². The topological polar surface area (TPSA) is 94.9 Å². The Bertz CT molecular complexity index is 626. The third kappa shape index (κ3) is 2.85. The van der Waals surface area contributed by atoms with Crippen LogP contribution in [0.15, 0.2) is 30.3 Å². The largest absolute Gasteiger partial charge is 0.384 e. The lowest BCUT2D eigenvalue weighted by Crippen LogP contribution is -2.02. The van der Waals surface area contributed by atoms with Crippen molar-refractivity contribution in [2.45, 2.75) is 19.8 Å². The maximum absolute atomic E-state index is 10.8. The van der Waals surface area contributed by atoms with Crippen molar-refractivity contribution < 1.29 is 4.92 Å². The summed E-state index contributed by atoms with van der Waals surface area (Å²) in [6.45, 7) is 4.00. The maximum atomic E-state index is 10.8. The Morgan fingerprint density at radius 1 is 1.26 bits per heavy atom. The van der Waals surface area contributed by atoms with Crippen molar-refractivity contribution in [2.24, 2.45) is 0 Å². The SMILES string of the molecule is CC(C)c1cc(N)nc(-c2cccc([N+](=O)[O-])c2)n1. The highest BCUT2D eigenvalue weighted by Crippen LogP contribution is 2.23. The van der Waals surface area contributed by atoms with Crippen molar-refractivity contribution in [1.82, 2.24) is 9.97 Å². The number of benzene rings is 1. The Hall–Kier alpha value is -2.50. The van der Waals surface area contributed by atoms with Crippen LogP contribution in [-0.4, -0.2) is 14.9 Å². The molecule has 2 N–H and O–H groups in total. The minimum absolute atomic E-state index is 0.00891. The molecule has 2 rings (SSSR count). The van der Waals surface area contributed by atoms with E-state index in [4.69, 9.17) is 5.73 Å². The molecule has 0 unspecified atom stereocenters. The highest BCUT2D eigenvalue weighted by atomic mass is 16.6. The number of hydrogen-bond acceptors (Lipinski definition) is 5. The molecule has 19 heavy (non-hydrogen) atoms. The van der Waals surface area contributed by atoms with Gasteiger partial charge in [0, 0.05) is 29.5 Å². The summed E-state index contributed by atoms with van der Waals surface area (Å²) >= 11 is 0. The summed E-state index contributed by atoms with van der Waals surface area (Å²) in [5, 5.41) is 10.8. The fourth-order valence-corrected chi connectivity index (χ4v) is 1.67. The van der Waals surface area contributed by atoms with Gasteiger partial charge in [-0.05, 0) is 5.92 Å². The molecule has 0 aliphatic heterocycles. The van der Waals surface area contributed by atoms with Crippen molar-refractivity contribution in [3.05, 3.63) is 46.1 Å². The van der Waals surface area contributed by atoms with Crippen molar-refractivity contribution in [3.63, 3.8) is 0 Å². The molecule has 1 heterocycles. The number of nitrogen functional groups attached to an aromatic ring is 1. The second-order valence-electron chi connectivity index (χ2n) is 4.50. The van der Waals surface area contributed by atoms with Gasteiger partial charge in [-0.2, -0.15) is 0 Å². The molecule has 0 aliphatic rings. The summed E-state index contributed by atoms with van der Waals surface area (Å²) in [5.41, 5.74) is 7.16. The highest BCUT2D eigenvalue weighted by molar-refractivity contribution is 5.60. The lowest BCUT2D eigenvalue weighted by Gasteiger charge is -2.08. The molecule has 0 fully saturated rings. The molecule has 98 valence electrons. The molecule has 1 aromatic heterocycles. The average molecular weight is 258 g/mol. The van der Waals surface area contributed by atoms with Gasteiger partial charge in [0.05, 0.1) is 4.92 Å². The first-order chi connectivity index (χ1) is 8.97. The van der Waals surface area contributed by atoms with E-state index in [0.717, 1.165) is 5.69 Å².